The maximum atomic E-state index is 2.49. The van der Waals surface area contributed by atoms with Gasteiger partial charge in [-0.3, -0.25) is 0 Å². The fraction of sp³-hybridized carbons (Fsp3) is 0.364. The van der Waals surface area contributed by atoms with Gasteiger partial charge in [-0.25, -0.2) is 0 Å². The summed E-state index contributed by atoms with van der Waals surface area (Å²) in [5.41, 5.74) is 4.30. The van der Waals surface area contributed by atoms with Crippen molar-refractivity contribution in [2.24, 2.45) is 0 Å². The van der Waals surface area contributed by atoms with Gasteiger partial charge in [-0.05, 0) is 50.1 Å². The van der Waals surface area contributed by atoms with Gasteiger partial charge in [0.15, 0.2) is 0 Å². The largest absolute Gasteiger partial charge is 0.306 e. The third-order valence-electron chi connectivity index (χ3n) is 4.97. The molecule has 1 aliphatic carbocycles. The summed E-state index contributed by atoms with van der Waals surface area (Å²) in [6, 6.07) is 22.5. The monoisotopic (exact) mass is 305 g/mol. The molecule has 0 radical (unpaired) electrons. The highest BCUT2D eigenvalue weighted by Gasteiger charge is 2.29. The van der Waals surface area contributed by atoms with Crippen LogP contribution in [0.4, 0.5) is 0 Å². The molecule has 2 aromatic carbocycles. The van der Waals surface area contributed by atoms with E-state index in [4.69, 9.17) is 0 Å². The lowest BCUT2D eigenvalue weighted by Crippen LogP contribution is -2.35. The van der Waals surface area contributed by atoms with Gasteiger partial charge in [-0.2, -0.15) is 0 Å². The van der Waals surface area contributed by atoms with Gasteiger partial charge in [0.25, 0.3) is 0 Å². The van der Waals surface area contributed by atoms with E-state index < -0.39 is 0 Å². The molecular formula is C22H27N. The van der Waals surface area contributed by atoms with Crippen LogP contribution in [0.5, 0.6) is 0 Å². The van der Waals surface area contributed by atoms with E-state index in [0.29, 0.717) is 12.0 Å². The van der Waals surface area contributed by atoms with Crippen molar-refractivity contribution in [1.29, 1.82) is 0 Å². The molecule has 0 aliphatic heterocycles. The van der Waals surface area contributed by atoms with Crippen LogP contribution in [0.15, 0.2) is 66.7 Å². The molecule has 0 saturated heterocycles. The third kappa shape index (κ3) is 3.73. The Hall–Kier alpha value is -1.86. The first-order chi connectivity index (χ1) is 11.3. The van der Waals surface area contributed by atoms with E-state index >= 15 is 0 Å². The molecule has 1 heteroatoms. The van der Waals surface area contributed by atoms with Crippen molar-refractivity contribution >= 4 is 5.57 Å². The Morgan fingerprint density at radius 3 is 2.13 bits per heavy atom. The smallest absolute Gasteiger partial charge is 0.0248 e. The van der Waals surface area contributed by atoms with Gasteiger partial charge in [-0.1, -0.05) is 73.2 Å². The molecule has 2 aromatic rings. The highest BCUT2D eigenvalue weighted by atomic mass is 15.1. The maximum Gasteiger partial charge on any atom is 0.0248 e. The van der Waals surface area contributed by atoms with Gasteiger partial charge in [0.1, 0.15) is 0 Å². The Morgan fingerprint density at radius 1 is 0.826 bits per heavy atom. The summed E-state index contributed by atoms with van der Waals surface area (Å²) in [4.78, 5) is 2.42. The second-order valence-corrected chi connectivity index (χ2v) is 6.73. The summed E-state index contributed by atoms with van der Waals surface area (Å²) >= 11 is 0. The lowest BCUT2D eigenvalue weighted by molar-refractivity contribution is 0.254. The molecule has 0 heterocycles. The van der Waals surface area contributed by atoms with Crippen molar-refractivity contribution < 1.29 is 0 Å². The standard InChI is InChI=1S/C22H27N/c1-23(2)21-17-11-5-10-16-20(18-12-6-3-7-13-18)22(21)19-14-8-4-9-15-19/h3-4,6-9,12-16,21-22H,5,10-11,17H2,1-2H3/b20-16-. The van der Waals surface area contributed by atoms with Crippen LogP contribution in [0, 0.1) is 0 Å². The molecular weight excluding hydrogens is 278 g/mol. The van der Waals surface area contributed by atoms with Crippen LogP contribution in [-0.4, -0.2) is 25.0 Å². The summed E-state index contributed by atoms with van der Waals surface area (Å²) in [5.74, 6) is 0.439. The van der Waals surface area contributed by atoms with Crippen LogP contribution in [0.25, 0.3) is 5.57 Å². The Labute approximate surface area is 140 Å². The average Bonchev–Trinajstić information content (AvgIpc) is 2.56. The number of hydrogen-bond donors (Lipinski definition) is 0. The maximum absolute atomic E-state index is 2.49. The van der Waals surface area contributed by atoms with Gasteiger partial charge in [-0.15, -0.1) is 0 Å². The molecule has 23 heavy (non-hydrogen) atoms. The number of allylic oxidation sites excluding steroid dienone is 1. The van der Waals surface area contributed by atoms with Crippen molar-refractivity contribution in [2.45, 2.75) is 37.6 Å². The minimum atomic E-state index is 0.439. The normalized spacial score (nSPS) is 24.6. The fourth-order valence-electron chi connectivity index (χ4n) is 3.80. The van der Waals surface area contributed by atoms with Crippen molar-refractivity contribution in [1.82, 2.24) is 4.90 Å². The van der Waals surface area contributed by atoms with Crippen LogP contribution in [0.1, 0.15) is 42.7 Å². The lowest BCUT2D eigenvalue weighted by atomic mass is 9.77. The van der Waals surface area contributed by atoms with E-state index in [9.17, 15) is 0 Å². The van der Waals surface area contributed by atoms with Crippen molar-refractivity contribution in [3.05, 3.63) is 77.9 Å². The number of likely N-dealkylation sites (N-methyl/N-ethyl adjacent to an activating group) is 1. The summed E-state index contributed by atoms with van der Waals surface area (Å²) in [6.07, 6.45) is 7.54. The zero-order valence-corrected chi connectivity index (χ0v) is 14.3. The second kappa shape index (κ2) is 7.61. The molecule has 1 aliphatic rings. The predicted octanol–water partition coefficient (Wildman–Crippen LogP) is 5.36. The van der Waals surface area contributed by atoms with Gasteiger partial charge >= 0.3 is 0 Å². The SMILES string of the molecule is CN(C)C1CCCC/C=C(/c2ccccc2)C1c1ccccc1. The van der Waals surface area contributed by atoms with E-state index in [1.165, 1.54) is 42.4 Å². The highest BCUT2D eigenvalue weighted by Crippen LogP contribution is 2.40. The van der Waals surface area contributed by atoms with Crippen molar-refractivity contribution in [3.8, 4) is 0 Å². The minimum Gasteiger partial charge on any atom is -0.306 e. The van der Waals surface area contributed by atoms with Gasteiger partial charge in [0, 0.05) is 12.0 Å². The lowest BCUT2D eigenvalue weighted by Gasteiger charge is -2.36. The molecule has 2 atom stereocenters. The second-order valence-electron chi connectivity index (χ2n) is 6.73. The Kier molecular flexibility index (Phi) is 5.30. The zero-order chi connectivity index (χ0) is 16.1. The predicted molar refractivity (Wildman–Crippen MR) is 99.5 cm³/mol. The zero-order valence-electron chi connectivity index (χ0n) is 14.3. The van der Waals surface area contributed by atoms with Crippen LogP contribution in [0.2, 0.25) is 0 Å². The van der Waals surface area contributed by atoms with Gasteiger partial charge in [0.2, 0.25) is 0 Å². The van der Waals surface area contributed by atoms with Gasteiger partial charge < -0.3 is 4.90 Å². The van der Waals surface area contributed by atoms with E-state index in [0.717, 1.165) is 0 Å². The van der Waals surface area contributed by atoms with Crippen molar-refractivity contribution in [2.75, 3.05) is 14.1 Å². The fourth-order valence-corrected chi connectivity index (χ4v) is 3.80. The topological polar surface area (TPSA) is 3.24 Å². The van der Waals surface area contributed by atoms with Gasteiger partial charge in [0.05, 0.1) is 0 Å². The molecule has 120 valence electrons. The first-order valence-electron chi connectivity index (χ1n) is 8.74. The molecule has 3 rings (SSSR count). The average molecular weight is 305 g/mol. The summed E-state index contributed by atoms with van der Waals surface area (Å²) in [5, 5.41) is 0. The number of hydrogen-bond acceptors (Lipinski definition) is 1. The molecule has 0 amide bonds. The number of benzene rings is 2. The number of rotatable bonds is 3. The van der Waals surface area contributed by atoms with E-state index in [1.54, 1.807) is 0 Å². The third-order valence-corrected chi connectivity index (χ3v) is 4.97. The molecule has 0 saturated carbocycles. The van der Waals surface area contributed by atoms with Crippen LogP contribution < -0.4 is 0 Å². The molecule has 2 unspecified atom stereocenters. The van der Waals surface area contributed by atoms with E-state index in [2.05, 4.69) is 85.7 Å². The van der Waals surface area contributed by atoms with E-state index in [1.807, 2.05) is 0 Å². The Bertz CT molecular complexity index is 628. The summed E-state index contributed by atoms with van der Waals surface area (Å²) in [6.45, 7) is 0. The van der Waals surface area contributed by atoms with Crippen LogP contribution in [0.3, 0.4) is 0 Å². The Morgan fingerprint density at radius 2 is 1.48 bits per heavy atom. The molecule has 0 spiro atoms. The molecule has 1 nitrogen and oxygen atoms in total. The van der Waals surface area contributed by atoms with Crippen LogP contribution in [-0.2, 0) is 0 Å². The van der Waals surface area contributed by atoms with Crippen molar-refractivity contribution in [3.63, 3.8) is 0 Å². The first-order valence-corrected chi connectivity index (χ1v) is 8.74. The molecule has 0 bridgehead atoms. The van der Waals surface area contributed by atoms with E-state index in [-0.39, 0.29) is 0 Å². The van der Waals surface area contributed by atoms with Crippen LogP contribution >= 0.6 is 0 Å². The molecule has 0 N–H and O–H groups in total. The molecule has 0 aromatic heterocycles. The number of nitrogens with zero attached hydrogens (tertiary/aromatic N) is 1. The highest BCUT2D eigenvalue weighted by molar-refractivity contribution is 5.72. The first kappa shape index (κ1) is 16.0. The summed E-state index contributed by atoms with van der Waals surface area (Å²) in [7, 11) is 4.45. The molecule has 0 fully saturated rings. The minimum absolute atomic E-state index is 0.439. The quantitative estimate of drug-likeness (QED) is 0.738. The summed E-state index contributed by atoms with van der Waals surface area (Å²) < 4.78 is 0. The Balaban J connectivity index is 2.11.